The van der Waals surface area contributed by atoms with Crippen LogP contribution in [0.2, 0.25) is 0 Å². The standard InChI is InChI=1S/C17H21N3O3/c21-10-9-19-5-7-20(8-6-19)17(22)13-3-4-14-15(11-13)23-16(18-14)12-1-2-12/h3-4,11-12,21H,1-2,5-10H2. The molecule has 2 fully saturated rings. The number of aromatic nitrogens is 1. The number of carbonyl (C=O) groups excluding carboxylic acids is 1. The topological polar surface area (TPSA) is 69.8 Å². The Morgan fingerprint density at radius 2 is 2.04 bits per heavy atom. The molecule has 0 atom stereocenters. The lowest BCUT2D eigenvalue weighted by molar-refractivity contribution is 0.0615. The Morgan fingerprint density at radius 3 is 2.74 bits per heavy atom. The van der Waals surface area contributed by atoms with Crippen LogP contribution in [0.1, 0.15) is 35.0 Å². The summed E-state index contributed by atoms with van der Waals surface area (Å²) in [4.78, 5) is 21.2. The number of benzene rings is 1. The molecule has 0 bridgehead atoms. The molecule has 1 N–H and O–H groups in total. The van der Waals surface area contributed by atoms with Crippen LogP contribution in [0.3, 0.4) is 0 Å². The van der Waals surface area contributed by atoms with E-state index in [0.29, 0.717) is 36.7 Å². The molecule has 1 saturated carbocycles. The van der Waals surface area contributed by atoms with Gasteiger partial charge in [-0.15, -0.1) is 0 Å². The number of nitrogens with zero attached hydrogens (tertiary/aromatic N) is 3. The number of β-amino-alcohol motifs (C(OH)–C–C–N with tert-alkyl or cyclic N) is 1. The van der Waals surface area contributed by atoms with E-state index in [1.807, 2.05) is 23.1 Å². The SMILES string of the molecule is O=C(c1ccc2nc(C3CC3)oc2c1)N1CCN(CCO)CC1. The average Bonchev–Trinajstić information content (AvgIpc) is 3.34. The molecule has 2 aliphatic rings. The van der Waals surface area contributed by atoms with E-state index >= 15 is 0 Å². The number of hydrogen-bond acceptors (Lipinski definition) is 5. The molecule has 23 heavy (non-hydrogen) atoms. The second-order valence-corrected chi connectivity index (χ2v) is 6.37. The summed E-state index contributed by atoms with van der Waals surface area (Å²) < 4.78 is 5.80. The van der Waals surface area contributed by atoms with Gasteiger partial charge in [0.2, 0.25) is 0 Å². The minimum atomic E-state index is 0.0416. The number of rotatable bonds is 4. The Labute approximate surface area is 134 Å². The van der Waals surface area contributed by atoms with Crippen molar-refractivity contribution in [3.05, 3.63) is 29.7 Å². The summed E-state index contributed by atoms with van der Waals surface area (Å²) >= 11 is 0. The number of piperazine rings is 1. The molecular formula is C17H21N3O3. The van der Waals surface area contributed by atoms with E-state index in [2.05, 4.69) is 9.88 Å². The van der Waals surface area contributed by atoms with Gasteiger partial charge in [0.25, 0.3) is 5.91 Å². The highest BCUT2D eigenvalue weighted by Crippen LogP contribution is 2.40. The minimum absolute atomic E-state index is 0.0416. The summed E-state index contributed by atoms with van der Waals surface area (Å²) in [5, 5.41) is 8.98. The molecule has 4 rings (SSSR count). The van der Waals surface area contributed by atoms with E-state index in [1.54, 1.807) is 0 Å². The molecule has 2 heterocycles. The zero-order chi connectivity index (χ0) is 15.8. The highest BCUT2D eigenvalue weighted by molar-refractivity contribution is 5.97. The van der Waals surface area contributed by atoms with Gasteiger partial charge in [-0.1, -0.05) is 0 Å². The summed E-state index contributed by atoms with van der Waals surface area (Å²) in [6.07, 6.45) is 2.30. The van der Waals surface area contributed by atoms with Crippen LogP contribution in [0.4, 0.5) is 0 Å². The molecule has 1 aromatic carbocycles. The van der Waals surface area contributed by atoms with Crippen LogP contribution >= 0.6 is 0 Å². The van der Waals surface area contributed by atoms with Crippen molar-refractivity contribution in [3.8, 4) is 0 Å². The number of aliphatic hydroxyl groups excluding tert-OH is 1. The molecule has 6 nitrogen and oxygen atoms in total. The van der Waals surface area contributed by atoms with Gasteiger partial charge in [0.1, 0.15) is 5.52 Å². The number of aliphatic hydroxyl groups is 1. The second kappa shape index (κ2) is 5.94. The maximum absolute atomic E-state index is 12.7. The monoisotopic (exact) mass is 315 g/mol. The van der Waals surface area contributed by atoms with E-state index in [0.717, 1.165) is 37.3 Å². The van der Waals surface area contributed by atoms with E-state index in [1.165, 1.54) is 0 Å². The van der Waals surface area contributed by atoms with Gasteiger partial charge < -0.3 is 14.4 Å². The lowest BCUT2D eigenvalue weighted by Crippen LogP contribution is -2.49. The lowest BCUT2D eigenvalue weighted by Gasteiger charge is -2.34. The number of hydrogen-bond donors (Lipinski definition) is 1. The van der Waals surface area contributed by atoms with Gasteiger partial charge in [0.15, 0.2) is 11.5 Å². The van der Waals surface area contributed by atoms with Crippen LogP contribution in [0.5, 0.6) is 0 Å². The van der Waals surface area contributed by atoms with Crippen LogP contribution in [0.15, 0.2) is 22.6 Å². The third-order valence-corrected chi connectivity index (χ3v) is 4.65. The third-order valence-electron chi connectivity index (χ3n) is 4.65. The van der Waals surface area contributed by atoms with Crippen LogP contribution in [-0.4, -0.2) is 65.1 Å². The Hall–Kier alpha value is -1.92. The summed E-state index contributed by atoms with van der Waals surface area (Å²) in [5.41, 5.74) is 2.19. The number of amides is 1. The molecule has 1 aliphatic heterocycles. The van der Waals surface area contributed by atoms with Crippen molar-refractivity contribution in [1.82, 2.24) is 14.8 Å². The fourth-order valence-electron chi connectivity index (χ4n) is 3.08. The number of fused-ring (bicyclic) bond motifs is 1. The summed E-state index contributed by atoms with van der Waals surface area (Å²) in [6.45, 7) is 3.85. The molecule has 6 heteroatoms. The highest BCUT2D eigenvalue weighted by atomic mass is 16.3. The van der Waals surface area contributed by atoms with Gasteiger partial charge in [0, 0.05) is 44.2 Å². The minimum Gasteiger partial charge on any atom is -0.440 e. The lowest BCUT2D eigenvalue weighted by atomic mass is 10.1. The van der Waals surface area contributed by atoms with Crippen molar-refractivity contribution in [3.63, 3.8) is 0 Å². The zero-order valence-corrected chi connectivity index (χ0v) is 13.1. The molecule has 1 aliphatic carbocycles. The van der Waals surface area contributed by atoms with E-state index in [9.17, 15) is 4.79 Å². The second-order valence-electron chi connectivity index (χ2n) is 6.37. The van der Waals surface area contributed by atoms with Crippen molar-refractivity contribution in [2.24, 2.45) is 0 Å². The Balaban J connectivity index is 1.48. The van der Waals surface area contributed by atoms with Crippen LogP contribution in [0, 0.1) is 0 Å². The van der Waals surface area contributed by atoms with Crippen molar-refractivity contribution >= 4 is 17.0 Å². The number of oxazole rings is 1. The van der Waals surface area contributed by atoms with Crippen LogP contribution in [-0.2, 0) is 0 Å². The first kappa shape index (κ1) is 14.7. The fraction of sp³-hybridized carbons (Fsp3) is 0.529. The maximum Gasteiger partial charge on any atom is 0.254 e. The largest absolute Gasteiger partial charge is 0.440 e. The summed E-state index contributed by atoms with van der Waals surface area (Å²) in [7, 11) is 0. The Bertz CT molecular complexity index is 715. The summed E-state index contributed by atoms with van der Waals surface area (Å²) in [6, 6.07) is 5.53. The zero-order valence-electron chi connectivity index (χ0n) is 13.1. The van der Waals surface area contributed by atoms with Gasteiger partial charge in [-0.2, -0.15) is 0 Å². The van der Waals surface area contributed by atoms with Crippen molar-refractivity contribution in [2.45, 2.75) is 18.8 Å². The maximum atomic E-state index is 12.7. The molecule has 1 saturated heterocycles. The van der Waals surface area contributed by atoms with Crippen molar-refractivity contribution in [2.75, 3.05) is 39.3 Å². The van der Waals surface area contributed by atoms with Gasteiger partial charge in [-0.05, 0) is 31.0 Å². The number of carbonyl (C=O) groups is 1. The quantitative estimate of drug-likeness (QED) is 0.925. The van der Waals surface area contributed by atoms with Crippen LogP contribution < -0.4 is 0 Å². The predicted octanol–water partition coefficient (Wildman–Crippen LogP) is 1.46. The molecule has 122 valence electrons. The molecule has 1 amide bonds. The first-order chi connectivity index (χ1) is 11.2. The molecular weight excluding hydrogens is 294 g/mol. The van der Waals surface area contributed by atoms with Crippen molar-refractivity contribution in [1.29, 1.82) is 0 Å². The van der Waals surface area contributed by atoms with Gasteiger partial charge in [-0.3, -0.25) is 9.69 Å². The van der Waals surface area contributed by atoms with Gasteiger partial charge >= 0.3 is 0 Å². The first-order valence-electron chi connectivity index (χ1n) is 8.27. The van der Waals surface area contributed by atoms with Crippen LogP contribution in [0.25, 0.3) is 11.1 Å². The third kappa shape index (κ3) is 2.96. The first-order valence-corrected chi connectivity index (χ1v) is 8.27. The molecule has 2 aromatic rings. The summed E-state index contributed by atoms with van der Waals surface area (Å²) in [5.74, 6) is 1.32. The van der Waals surface area contributed by atoms with Crippen molar-refractivity contribution < 1.29 is 14.3 Å². The molecule has 0 radical (unpaired) electrons. The predicted molar refractivity (Wildman–Crippen MR) is 85.4 cm³/mol. The molecule has 1 aromatic heterocycles. The molecule has 0 unspecified atom stereocenters. The van der Waals surface area contributed by atoms with E-state index in [4.69, 9.17) is 9.52 Å². The van der Waals surface area contributed by atoms with Gasteiger partial charge in [-0.25, -0.2) is 4.98 Å². The Morgan fingerprint density at radius 1 is 1.26 bits per heavy atom. The Kier molecular flexibility index (Phi) is 3.79. The molecule has 0 spiro atoms. The fourth-order valence-corrected chi connectivity index (χ4v) is 3.08. The highest BCUT2D eigenvalue weighted by Gasteiger charge is 2.29. The van der Waals surface area contributed by atoms with E-state index in [-0.39, 0.29) is 12.5 Å². The normalized spacial score (nSPS) is 19.4. The van der Waals surface area contributed by atoms with E-state index < -0.39 is 0 Å². The smallest absolute Gasteiger partial charge is 0.254 e. The average molecular weight is 315 g/mol. The van der Waals surface area contributed by atoms with Gasteiger partial charge in [0.05, 0.1) is 6.61 Å².